The minimum Gasteiger partial charge on any atom is -0.472 e. The van der Waals surface area contributed by atoms with Gasteiger partial charge in [-0.25, -0.2) is 4.79 Å². The van der Waals surface area contributed by atoms with Gasteiger partial charge in [0.15, 0.2) is 0 Å². The topological polar surface area (TPSA) is 66.5 Å². The standard InChI is InChI=1S/C15H21N5O2/c1-18(2)15(21)16-6-13-12-8-20(7-11-4-5-22-10-11)9-14(12)19(3)17-13/h4-5,10H,6-9H2,1-3H3,(H,16,21). The minimum absolute atomic E-state index is 0.104. The van der Waals surface area contributed by atoms with Crippen molar-refractivity contribution in [2.24, 2.45) is 7.05 Å². The minimum atomic E-state index is -0.104. The van der Waals surface area contributed by atoms with Crippen LogP contribution in [0.4, 0.5) is 4.79 Å². The van der Waals surface area contributed by atoms with Crippen molar-refractivity contribution in [1.29, 1.82) is 0 Å². The maximum atomic E-state index is 11.7. The fourth-order valence-electron chi connectivity index (χ4n) is 2.75. The predicted molar refractivity (Wildman–Crippen MR) is 80.8 cm³/mol. The maximum Gasteiger partial charge on any atom is 0.317 e. The number of urea groups is 1. The SMILES string of the molecule is CN(C)C(=O)NCc1nn(C)c2c1CN(Cc1ccoc1)C2. The Morgan fingerprint density at radius 2 is 2.27 bits per heavy atom. The number of furan rings is 1. The van der Waals surface area contributed by atoms with Gasteiger partial charge in [-0.3, -0.25) is 9.58 Å². The Labute approximate surface area is 129 Å². The van der Waals surface area contributed by atoms with Gasteiger partial charge in [0.05, 0.1) is 30.5 Å². The molecule has 0 aliphatic carbocycles. The van der Waals surface area contributed by atoms with E-state index in [9.17, 15) is 4.79 Å². The van der Waals surface area contributed by atoms with E-state index >= 15 is 0 Å². The van der Waals surface area contributed by atoms with Crippen molar-refractivity contribution in [3.05, 3.63) is 41.1 Å². The molecule has 0 atom stereocenters. The second-order valence-corrected chi connectivity index (χ2v) is 5.83. The van der Waals surface area contributed by atoms with Crippen LogP contribution in [0.25, 0.3) is 0 Å². The van der Waals surface area contributed by atoms with Crippen LogP contribution in [0.1, 0.15) is 22.5 Å². The van der Waals surface area contributed by atoms with Crippen molar-refractivity contribution < 1.29 is 9.21 Å². The van der Waals surface area contributed by atoms with Gasteiger partial charge in [0, 0.05) is 51.9 Å². The summed E-state index contributed by atoms with van der Waals surface area (Å²) < 4.78 is 7.04. The van der Waals surface area contributed by atoms with Gasteiger partial charge in [-0.1, -0.05) is 0 Å². The molecule has 2 aromatic rings. The Morgan fingerprint density at radius 3 is 2.95 bits per heavy atom. The smallest absolute Gasteiger partial charge is 0.317 e. The largest absolute Gasteiger partial charge is 0.472 e. The lowest BCUT2D eigenvalue weighted by Gasteiger charge is -2.15. The van der Waals surface area contributed by atoms with E-state index in [2.05, 4.69) is 15.3 Å². The Kier molecular flexibility index (Phi) is 3.89. The highest BCUT2D eigenvalue weighted by molar-refractivity contribution is 5.73. The first kappa shape index (κ1) is 14.6. The quantitative estimate of drug-likeness (QED) is 0.924. The van der Waals surface area contributed by atoms with Crippen molar-refractivity contribution in [3.63, 3.8) is 0 Å². The van der Waals surface area contributed by atoms with E-state index in [1.165, 1.54) is 21.7 Å². The van der Waals surface area contributed by atoms with Crippen LogP contribution in [-0.2, 0) is 33.2 Å². The van der Waals surface area contributed by atoms with Crippen molar-refractivity contribution in [1.82, 2.24) is 24.9 Å². The van der Waals surface area contributed by atoms with Gasteiger partial charge >= 0.3 is 6.03 Å². The van der Waals surface area contributed by atoms with Gasteiger partial charge < -0.3 is 14.6 Å². The molecular formula is C15H21N5O2. The van der Waals surface area contributed by atoms with Crippen LogP contribution in [0.2, 0.25) is 0 Å². The van der Waals surface area contributed by atoms with Gasteiger partial charge in [-0.05, 0) is 6.07 Å². The van der Waals surface area contributed by atoms with E-state index in [-0.39, 0.29) is 6.03 Å². The zero-order chi connectivity index (χ0) is 15.7. The highest BCUT2D eigenvalue weighted by Gasteiger charge is 2.26. The van der Waals surface area contributed by atoms with Crippen LogP contribution in [0.3, 0.4) is 0 Å². The number of aryl methyl sites for hydroxylation is 1. The summed E-state index contributed by atoms with van der Waals surface area (Å²) in [5.41, 5.74) is 4.56. The summed E-state index contributed by atoms with van der Waals surface area (Å²) in [5.74, 6) is 0. The molecule has 0 bridgehead atoms. The first-order valence-corrected chi connectivity index (χ1v) is 7.27. The molecule has 1 N–H and O–H groups in total. The van der Waals surface area contributed by atoms with Crippen LogP contribution >= 0.6 is 0 Å². The molecule has 0 fully saturated rings. The summed E-state index contributed by atoms with van der Waals surface area (Å²) >= 11 is 0. The lowest BCUT2D eigenvalue weighted by atomic mass is 10.2. The number of carbonyl (C=O) groups is 1. The van der Waals surface area contributed by atoms with E-state index in [0.717, 1.165) is 25.3 Å². The molecule has 3 heterocycles. The molecule has 1 aliphatic heterocycles. The lowest BCUT2D eigenvalue weighted by molar-refractivity contribution is 0.216. The van der Waals surface area contributed by atoms with Gasteiger partial charge in [-0.2, -0.15) is 5.10 Å². The molecule has 0 spiro atoms. The monoisotopic (exact) mass is 303 g/mol. The molecule has 0 radical (unpaired) electrons. The average molecular weight is 303 g/mol. The van der Waals surface area contributed by atoms with Crippen molar-refractivity contribution in [2.45, 2.75) is 26.2 Å². The summed E-state index contributed by atoms with van der Waals surface area (Å²) in [5, 5.41) is 7.41. The first-order valence-electron chi connectivity index (χ1n) is 7.27. The highest BCUT2D eigenvalue weighted by Crippen LogP contribution is 2.26. The van der Waals surface area contributed by atoms with E-state index in [4.69, 9.17) is 4.42 Å². The van der Waals surface area contributed by atoms with E-state index in [0.29, 0.717) is 6.54 Å². The number of hydrogen-bond acceptors (Lipinski definition) is 4. The summed E-state index contributed by atoms with van der Waals surface area (Å²) in [6.45, 7) is 3.03. The predicted octanol–water partition coefficient (Wildman–Crippen LogP) is 1.30. The number of amides is 2. The van der Waals surface area contributed by atoms with Gasteiger partial charge in [0.1, 0.15) is 0 Å². The van der Waals surface area contributed by atoms with Crippen molar-refractivity contribution in [2.75, 3.05) is 14.1 Å². The molecule has 2 aromatic heterocycles. The molecule has 0 unspecified atom stereocenters. The zero-order valence-electron chi connectivity index (χ0n) is 13.2. The van der Waals surface area contributed by atoms with Gasteiger partial charge in [0.25, 0.3) is 0 Å². The second-order valence-electron chi connectivity index (χ2n) is 5.83. The molecule has 2 amide bonds. The Morgan fingerprint density at radius 1 is 1.45 bits per heavy atom. The zero-order valence-corrected chi connectivity index (χ0v) is 13.2. The highest BCUT2D eigenvalue weighted by atomic mass is 16.3. The molecule has 0 saturated carbocycles. The number of rotatable bonds is 4. The lowest BCUT2D eigenvalue weighted by Crippen LogP contribution is -2.34. The molecule has 0 saturated heterocycles. The molecular weight excluding hydrogens is 282 g/mol. The van der Waals surface area contributed by atoms with Crippen LogP contribution in [0.15, 0.2) is 23.0 Å². The van der Waals surface area contributed by atoms with Crippen LogP contribution < -0.4 is 5.32 Å². The van der Waals surface area contributed by atoms with Gasteiger partial charge in [-0.15, -0.1) is 0 Å². The molecule has 22 heavy (non-hydrogen) atoms. The molecule has 1 aliphatic rings. The van der Waals surface area contributed by atoms with Crippen LogP contribution in [-0.4, -0.2) is 39.7 Å². The van der Waals surface area contributed by atoms with Crippen molar-refractivity contribution >= 4 is 6.03 Å². The van der Waals surface area contributed by atoms with Crippen molar-refractivity contribution in [3.8, 4) is 0 Å². The number of hydrogen-bond donors (Lipinski definition) is 1. The average Bonchev–Trinajstić information content (AvgIpc) is 3.17. The number of fused-ring (bicyclic) bond motifs is 1. The Bertz CT molecular complexity index is 660. The van der Waals surface area contributed by atoms with E-state index in [1.54, 1.807) is 26.6 Å². The van der Waals surface area contributed by atoms with E-state index in [1.807, 2.05) is 17.8 Å². The van der Waals surface area contributed by atoms with E-state index < -0.39 is 0 Å². The molecule has 7 heteroatoms. The van der Waals surface area contributed by atoms with Crippen LogP contribution in [0.5, 0.6) is 0 Å². The molecule has 0 aromatic carbocycles. The number of nitrogens with zero attached hydrogens (tertiary/aromatic N) is 4. The van der Waals surface area contributed by atoms with Gasteiger partial charge in [0.2, 0.25) is 0 Å². The Hall–Kier alpha value is -2.28. The third-order valence-corrected chi connectivity index (χ3v) is 3.91. The summed E-state index contributed by atoms with van der Waals surface area (Å²) in [7, 11) is 5.41. The second kappa shape index (κ2) is 5.84. The third kappa shape index (κ3) is 2.85. The summed E-state index contributed by atoms with van der Waals surface area (Å²) in [4.78, 5) is 15.5. The first-order chi connectivity index (χ1) is 10.5. The van der Waals surface area contributed by atoms with Crippen LogP contribution in [0, 0.1) is 0 Å². The molecule has 3 rings (SSSR count). The summed E-state index contributed by atoms with van der Waals surface area (Å²) in [6.07, 6.45) is 3.47. The molecule has 118 valence electrons. The number of aromatic nitrogens is 2. The molecule has 7 nitrogen and oxygen atoms in total. The summed E-state index contributed by atoms with van der Waals surface area (Å²) in [6, 6.07) is 1.88. The fourth-order valence-corrected chi connectivity index (χ4v) is 2.75. The maximum absolute atomic E-state index is 11.7. The number of nitrogens with one attached hydrogen (secondary N) is 1. The normalized spacial score (nSPS) is 14.1. The Balaban J connectivity index is 1.67. The fraction of sp³-hybridized carbons (Fsp3) is 0.467. The third-order valence-electron chi connectivity index (χ3n) is 3.91. The number of carbonyl (C=O) groups excluding carboxylic acids is 1.